The quantitative estimate of drug-likeness (QED) is 0.307. The fraction of sp³-hybridized carbons (Fsp3) is 0.190. The molecule has 0 saturated heterocycles. The summed E-state index contributed by atoms with van der Waals surface area (Å²) in [5.74, 6) is 1.00. The summed E-state index contributed by atoms with van der Waals surface area (Å²) >= 11 is 19.7. The topological polar surface area (TPSA) is 59.8 Å². The minimum absolute atomic E-state index is 0.272. The molecule has 1 N–H and O–H groups in total. The zero-order valence-electron chi connectivity index (χ0n) is 16.1. The van der Waals surface area contributed by atoms with Crippen molar-refractivity contribution in [2.24, 2.45) is 0 Å². The summed E-state index contributed by atoms with van der Waals surface area (Å²) in [5, 5.41) is 13.7. The predicted octanol–water partition coefficient (Wildman–Crippen LogP) is 6.21. The fourth-order valence-corrected chi connectivity index (χ4v) is 4.23. The lowest BCUT2D eigenvalue weighted by molar-refractivity contribution is 0.0937. The minimum Gasteiger partial charge on any atom is -0.342 e. The maximum atomic E-state index is 12.6. The fourth-order valence-electron chi connectivity index (χ4n) is 2.79. The van der Waals surface area contributed by atoms with Gasteiger partial charge in [0.15, 0.2) is 11.0 Å². The summed E-state index contributed by atoms with van der Waals surface area (Å²) in [4.78, 5) is 12.6. The number of carbonyl (C=O) groups excluding carboxylic acids is 1. The first-order chi connectivity index (χ1) is 14.4. The molecule has 0 fully saturated rings. The van der Waals surface area contributed by atoms with Crippen LogP contribution in [0.1, 0.15) is 34.7 Å². The Labute approximate surface area is 194 Å². The molecule has 1 amide bonds. The van der Waals surface area contributed by atoms with Crippen molar-refractivity contribution in [3.63, 3.8) is 0 Å². The Bertz CT molecular complexity index is 1070. The number of nitrogens with zero attached hydrogens (tertiary/aromatic N) is 3. The third-order valence-electron chi connectivity index (χ3n) is 4.26. The second-order valence-corrected chi connectivity index (χ2v) is 8.62. The molecule has 0 saturated carbocycles. The van der Waals surface area contributed by atoms with Crippen LogP contribution in [-0.2, 0) is 12.3 Å². The molecule has 3 aromatic rings. The van der Waals surface area contributed by atoms with E-state index in [1.54, 1.807) is 36.4 Å². The molecule has 1 unspecified atom stereocenters. The molecule has 0 aliphatic rings. The van der Waals surface area contributed by atoms with Crippen LogP contribution in [0, 0.1) is 0 Å². The van der Waals surface area contributed by atoms with Crippen LogP contribution in [0.4, 0.5) is 0 Å². The van der Waals surface area contributed by atoms with Crippen molar-refractivity contribution in [2.45, 2.75) is 30.4 Å². The van der Waals surface area contributed by atoms with E-state index < -0.39 is 0 Å². The van der Waals surface area contributed by atoms with Crippen molar-refractivity contribution < 1.29 is 4.79 Å². The van der Waals surface area contributed by atoms with Gasteiger partial charge in [0.25, 0.3) is 5.91 Å². The van der Waals surface area contributed by atoms with Gasteiger partial charge in [-0.05, 0) is 36.8 Å². The van der Waals surface area contributed by atoms with Crippen molar-refractivity contribution in [3.05, 3.63) is 87.1 Å². The number of nitrogens with one attached hydrogen (secondary N) is 1. The monoisotopic (exact) mass is 480 g/mol. The van der Waals surface area contributed by atoms with E-state index in [1.165, 1.54) is 11.8 Å². The highest BCUT2D eigenvalue weighted by molar-refractivity contribution is 7.98. The number of allylic oxidation sites excluding steroid dienone is 1. The van der Waals surface area contributed by atoms with E-state index in [2.05, 4.69) is 22.1 Å². The second kappa shape index (κ2) is 10.4. The number of hydrogen-bond acceptors (Lipinski definition) is 4. The Morgan fingerprint density at radius 3 is 2.63 bits per heavy atom. The molecule has 1 aromatic heterocycles. The lowest BCUT2D eigenvalue weighted by Gasteiger charge is -2.15. The molecular weight excluding hydrogens is 463 g/mol. The number of carbonyl (C=O) groups is 1. The third kappa shape index (κ3) is 5.38. The van der Waals surface area contributed by atoms with Crippen LogP contribution in [0.5, 0.6) is 0 Å². The Hall–Kier alpha value is -1.99. The molecule has 3 rings (SSSR count). The zero-order chi connectivity index (χ0) is 21.7. The molecule has 2 aromatic carbocycles. The molecule has 30 heavy (non-hydrogen) atoms. The molecular formula is C21H19Cl3N4OS. The first-order valence-corrected chi connectivity index (χ1v) is 11.2. The van der Waals surface area contributed by atoms with E-state index in [0.29, 0.717) is 38.8 Å². The number of hydrogen-bond donors (Lipinski definition) is 1. The molecule has 5 nitrogen and oxygen atoms in total. The van der Waals surface area contributed by atoms with Gasteiger partial charge in [-0.3, -0.25) is 4.79 Å². The van der Waals surface area contributed by atoms with E-state index in [4.69, 9.17) is 34.8 Å². The van der Waals surface area contributed by atoms with Gasteiger partial charge in [-0.15, -0.1) is 16.8 Å². The molecule has 1 heterocycles. The van der Waals surface area contributed by atoms with Gasteiger partial charge in [-0.2, -0.15) is 0 Å². The zero-order valence-corrected chi connectivity index (χ0v) is 19.2. The van der Waals surface area contributed by atoms with Crippen LogP contribution in [-0.4, -0.2) is 20.7 Å². The summed E-state index contributed by atoms with van der Waals surface area (Å²) in [6.07, 6.45) is 1.76. The Morgan fingerprint density at radius 1 is 1.17 bits per heavy atom. The van der Waals surface area contributed by atoms with Gasteiger partial charge in [0, 0.05) is 12.3 Å². The summed E-state index contributed by atoms with van der Waals surface area (Å²) in [6, 6.07) is 12.0. The van der Waals surface area contributed by atoms with Gasteiger partial charge in [-0.25, -0.2) is 0 Å². The second-order valence-electron chi connectivity index (χ2n) is 6.45. The number of amides is 1. The first kappa shape index (κ1) is 22.7. The van der Waals surface area contributed by atoms with Crippen LogP contribution in [0.15, 0.2) is 60.3 Å². The van der Waals surface area contributed by atoms with Gasteiger partial charge < -0.3 is 9.88 Å². The van der Waals surface area contributed by atoms with Gasteiger partial charge in [0.1, 0.15) is 0 Å². The van der Waals surface area contributed by atoms with Crippen LogP contribution in [0.3, 0.4) is 0 Å². The summed E-state index contributed by atoms with van der Waals surface area (Å²) in [6.45, 7) is 6.18. The predicted molar refractivity (Wildman–Crippen MR) is 124 cm³/mol. The average Bonchev–Trinajstić information content (AvgIpc) is 3.12. The standard InChI is InChI=1S/C21H19Cl3N4OS/c1-3-10-28-19(13(2)25-20(29)15-6-4-5-7-16(15)22)26-27-21(28)30-12-14-8-9-17(23)18(24)11-14/h3-9,11,13H,1,10,12H2,2H3,(H,25,29). The molecule has 1 atom stereocenters. The number of benzene rings is 2. The van der Waals surface area contributed by atoms with Gasteiger partial charge in [0.05, 0.1) is 26.7 Å². The molecule has 0 spiro atoms. The SMILES string of the molecule is C=CCn1c(SCc2ccc(Cl)c(Cl)c2)nnc1C(C)NC(=O)c1ccccc1Cl. The highest BCUT2D eigenvalue weighted by Gasteiger charge is 2.20. The van der Waals surface area contributed by atoms with Crippen molar-refractivity contribution in [3.8, 4) is 0 Å². The average molecular weight is 482 g/mol. The number of aromatic nitrogens is 3. The van der Waals surface area contributed by atoms with Crippen molar-refractivity contribution in [1.82, 2.24) is 20.1 Å². The lowest BCUT2D eigenvalue weighted by atomic mass is 10.2. The lowest BCUT2D eigenvalue weighted by Crippen LogP contribution is -2.29. The van der Waals surface area contributed by atoms with Crippen molar-refractivity contribution in [1.29, 1.82) is 0 Å². The molecule has 0 aliphatic carbocycles. The van der Waals surface area contributed by atoms with Crippen molar-refractivity contribution >= 4 is 52.5 Å². The Kier molecular flexibility index (Phi) is 7.83. The van der Waals surface area contributed by atoms with Crippen LogP contribution >= 0.6 is 46.6 Å². The normalized spacial score (nSPS) is 11.9. The van der Waals surface area contributed by atoms with Gasteiger partial charge >= 0.3 is 0 Å². The summed E-state index contributed by atoms with van der Waals surface area (Å²) in [7, 11) is 0. The van der Waals surface area contributed by atoms with Crippen LogP contribution in [0.2, 0.25) is 15.1 Å². The first-order valence-electron chi connectivity index (χ1n) is 9.06. The highest BCUT2D eigenvalue weighted by atomic mass is 35.5. The number of rotatable bonds is 8. The van der Waals surface area contributed by atoms with Gasteiger partial charge in [-0.1, -0.05) is 70.8 Å². The maximum absolute atomic E-state index is 12.6. The summed E-state index contributed by atoms with van der Waals surface area (Å²) < 4.78 is 1.92. The van der Waals surface area contributed by atoms with E-state index in [1.807, 2.05) is 23.6 Å². The molecule has 0 bridgehead atoms. The Balaban J connectivity index is 1.75. The maximum Gasteiger partial charge on any atom is 0.253 e. The largest absolute Gasteiger partial charge is 0.342 e. The van der Waals surface area contributed by atoms with Crippen molar-refractivity contribution in [2.75, 3.05) is 0 Å². The van der Waals surface area contributed by atoms with E-state index in [-0.39, 0.29) is 11.9 Å². The van der Waals surface area contributed by atoms with E-state index in [0.717, 1.165) is 10.7 Å². The molecule has 0 aliphatic heterocycles. The highest BCUT2D eigenvalue weighted by Crippen LogP contribution is 2.28. The smallest absolute Gasteiger partial charge is 0.253 e. The van der Waals surface area contributed by atoms with Gasteiger partial charge in [0.2, 0.25) is 0 Å². The number of thioether (sulfide) groups is 1. The van der Waals surface area contributed by atoms with Crippen LogP contribution < -0.4 is 5.32 Å². The van der Waals surface area contributed by atoms with Crippen LogP contribution in [0.25, 0.3) is 0 Å². The number of halogens is 3. The van der Waals surface area contributed by atoms with E-state index >= 15 is 0 Å². The molecule has 0 radical (unpaired) electrons. The minimum atomic E-state index is -0.374. The third-order valence-corrected chi connectivity index (χ3v) is 6.37. The van der Waals surface area contributed by atoms with E-state index in [9.17, 15) is 4.79 Å². The molecule has 156 valence electrons. The Morgan fingerprint density at radius 2 is 1.93 bits per heavy atom. The summed E-state index contributed by atoms with van der Waals surface area (Å²) in [5.41, 5.74) is 1.43. The molecule has 9 heteroatoms.